The lowest BCUT2D eigenvalue weighted by molar-refractivity contribution is 0.525. The molecule has 0 aliphatic rings. The summed E-state index contributed by atoms with van der Waals surface area (Å²) in [5, 5.41) is 3.37. The van der Waals surface area contributed by atoms with Gasteiger partial charge >= 0.3 is 0 Å². The van der Waals surface area contributed by atoms with Crippen LogP contribution >= 0.6 is 11.6 Å². The molecular formula is C16H15ClF3N. The minimum absolute atomic E-state index is 0.135. The summed E-state index contributed by atoms with van der Waals surface area (Å²) < 4.78 is 39.9. The Bertz CT molecular complexity index is 631. The number of benzene rings is 2. The Morgan fingerprint density at radius 3 is 2.24 bits per heavy atom. The highest BCUT2D eigenvalue weighted by molar-refractivity contribution is 6.31. The monoisotopic (exact) mass is 313 g/mol. The number of hydrogen-bond acceptors (Lipinski definition) is 1. The van der Waals surface area contributed by atoms with Crippen LogP contribution in [0.5, 0.6) is 0 Å². The highest BCUT2D eigenvalue weighted by atomic mass is 35.5. The lowest BCUT2D eigenvalue weighted by Crippen LogP contribution is -2.30. The van der Waals surface area contributed by atoms with Gasteiger partial charge in [0.05, 0.1) is 0 Å². The molecule has 0 radical (unpaired) electrons. The highest BCUT2D eigenvalue weighted by Crippen LogP contribution is 2.20. The molecule has 0 spiro atoms. The van der Waals surface area contributed by atoms with Gasteiger partial charge in [-0.2, -0.15) is 0 Å². The van der Waals surface area contributed by atoms with Gasteiger partial charge in [0.15, 0.2) is 0 Å². The van der Waals surface area contributed by atoms with Crippen molar-refractivity contribution in [2.24, 2.45) is 0 Å². The molecule has 1 atom stereocenters. The molecule has 0 aliphatic carbocycles. The lowest BCUT2D eigenvalue weighted by Gasteiger charge is -2.17. The van der Waals surface area contributed by atoms with E-state index >= 15 is 0 Å². The summed E-state index contributed by atoms with van der Waals surface area (Å²) >= 11 is 5.99. The number of hydrogen-bond donors (Lipinski definition) is 1. The third kappa shape index (κ3) is 4.22. The van der Waals surface area contributed by atoms with Crippen LogP contribution in [0.3, 0.4) is 0 Å². The van der Waals surface area contributed by atoms with Crippen LogP contribution in [0.4, 0.5) is 13.2 Å². The minimum atomic E-state index is -0.471. The average Bonchev–Trinajstić information content (AvgIpc) is 2.44. The third-order valence-corrected chi connectivity index (χ3v) is 3.72. The Morgan fingerprint density at radius 1 is 0.952 bits per heavy atom. The largest absolute Gasteiger partial charge is 0.316 e. The maximum atomic E-state index is 13.7. The van der Waals surface area contributed by atoms with E-state index in [1.54, 1.807) is 13.1 Å². The van der Waals surface area contributed by atoms with E-state index in [-0.39, 0.29) is 6.04 Å². The summed E-state index contributed by atoms with van der Waals surface area (Å²) in [7, 11) is 1.74. The fourth-order valence-corrected chi connectivity index (χ4v) is 2.44. The average molecular weight is 314 g/mol. The predicted octanol–water partition coefficient (Wildman–Crippen LogP) is 4.13. The molecular weight excluding hydrogens is 299 g/mol. The molecule has 0 aromatic heterocycles. The molecule has 1 N–H and O–H groups in total. The van der Waals surface area contributed by atoms with E-state index in [0.29, 0.717) is 23.4 Å². The summed E-state index contributed by atoms with van der Waals surface area (Å²) in [5.41, 5.74) is 1.06. The second-order valence-corrected chi connectivity index (χ2v) is 5.27. The van der Waals surface area contributed by atoms with Gasteiger partial charge in [0.1, 0.15) is 17.5 Å². The van der Waals surface area contributed by atoms with Crippen molar-refractivity contribution in [2.75, 3.05) is 7.05 Å². The standard InChI is InChI=1S/C16H15ClF3N/c1-21-14(7-10-2-3-13(19)9-15(10)17)8-11-6-12(18)4-5-16(11)20/h2-6,9,14,21H,7-8H2,1H3. The first-order valence-electron chi connectivity index (χ1n) is 6.54. The molecule has 0 aliphatic heterocycles. The van der Waals surface area contributed by atoms with Gasteiger partial charge in [-0.15, -0.1) is 0 Å². The van der Waals surface area contributed by atoms with Crippen LogP contribution in [-0.4, -0.2) is 13.1 Å². The Labute approximate surface area is 126 Å². The Hall–Kier alpha value is -1.52. The van der Waals surface area contributed by atoms with Crippen molar-refractivity contribution in [1.82, 2.24) is 5.32 Å². The van der Waals surface area contributed by atoms with E-state index in [4.69, 9.17) is 11.6 Å². The fraction of sp³-hybridized carbons (Fsp3) is 0.250. The maximum absolute atomic E-state index is 13.7. The van der Waals surface area contributed by atoms with Crippen LogP contribution in [0.25, 0.3) is 0 Å². The van der Waals surface area contributed by atoms with Crippen LogP contribution in [0.15, 0.2) is 36.4 Å². The number of nitrogens with one attached hydrogen (secondary N) is 1. The van der Waals surface area contributed by atoms with Crippen molar-refractivity contribution < 1.29 is 13.2 Å². The van der Waals surface area contributed by atoms with Gasteiger partial charge in [0.25, 0.3) is 0 Å². The van der Waals surface area contributed by atoms with E-state index in [1.807, 2.05) is 0 Å². The van der Waals surface area contributed by atoms with Crippen LogP contribution < -0.4 is 5.32 Å². The Balaban J connectivity index is 2.14. The molecule has 0 saturated heterocycles. The van der Waals surface area contributed by atoms with Gasteiger partial charge in [-0.25, -0.2) is 13.2 Å². The molecule has 1 unspecified atom stereocenters. The van der Waals surface area contributed by atoms with Gasteiger partial charge in [-0.3, -0.25) is 0 Å². The lowest BCUT2D eigenvalue weighted by atomic mass is 9.98. The molecule has 0 saturated carbocycles. The summed E-state index contributed by atoms with van der Waals surface area (Å²) in [4.78, 5) is 0. The molecule has 2 aromatic carbocycles. The molecule has 0 amide bonds. The van der Waals surface area contributed by atoms with Crippen molar-refractivity contribution in [3.05, 3.63) is 70.0 Å². The molecule has 0 fully saturated rings. The van der Waals surface area contributed by atoms with Crippen molar-refractivity contribution in [1.29, 1.82) is 0 Å². The van der Waals surface area contributed by atoms with Crippen molar-refractivity contribution in [3.8, 4) is 0 Å². The minimum Gasteiger partial charge on any atom is -0.316 e. The van der Waals surface area contributed by atoms with Gasteiger partial charge in [-0.1, -0.05) is 17.7 Å². The molecule has 0 heterocycles. The van der Waals surface area contributed by atoms with Crippen LogP contribution in [-0.2, 0) is 12.8 Å². The predicted molar refractivity (Wildman–Crippen MR) is 78.0 cm³/mol. The van der Waals surface area contributed by atoms with Crippen molar-refractivity contribution in [2.45, 2.75) is 18.9 Å². The first-order valence-corrected chi connectivity index (χ1v) is 6.92. The number of halogens is 4. The van der Waals surface area contributed by atoms with Crippen molar-refractivity contribution in [3.63, 3.8) is 0 Å². The van der Waals surface area contributed by atoms with E-state index in [9.17, 15) is 13.2 Å². The van der Waals surface area contributed by atoms with E-state index in [0.717, 1.165) is 17.7 Å². The first-order chi connectivity index (χ1) is 9.99. The van der Waals surface area contributed by atoms with Gasteiger partial charge in [-0.05, 0) is 61.3 Å². The van der Waals surface area contributed by atoms with Gasteiger partial charge < -0.3 is 5.32 Å². The first kappa shape index (κ1) is 15.9. The molecule has 0 bridgehead atoms. The maximum Gasteiger partial charge on any atom is 0.126 e. The Kier molecular flexibility index (Phi) is 5.26. The zero-order valence-electron chi connectivity index (χ0n) is 11.5. The zero-order chi connectivity index (χ0) is 15.4. The molecule has 21 heavy (non-hydrogen) atoms. The smallest absolute Gasteiger partial charge is 0.126 e. The van der Waals surface area contributed by atoms with Crippen molar-refractivity contribution >= 4 is 11.6 Å². The second-order valence-electron chi connectivity index (χ2n) is 4.87. The van der Waals surface area contributed by atoms with Crippen LogP contribution in [0.1, 0.15) is 11.1 Å². The van der Waals surface area contributed by atoms with Gasteiger partial charge in [0, 0.05) is 11.1 Å². The molecule has 5 heteroatoms. The quantitative estimate of drug-likeness (QED) is 0.875. The third-order valence-electron chi connectivity index (χ3n) is 3.36. The molecule has 1 nitrogen and oxygen atoms in total. The Morgan fingerprint density at radius 2 is 1.57 bits per heavy atom. The normalized spacial score (nSPS) is 12.4. The summed E-state index contributed by atoms with van der Waals surface area (Å²) in [5.74, 6) is -1.32. The van der Waals surface area contributed by atoms with E-state index in [1.165, 1.54) is 18.2 Å². The number of rotatable bonds is 5. The highest BCUT2D eigenvalue weighted by Gasteiger charge is 2.14. The fourth-order valence-electron chi connectivity index (χ4n) is 2.19. The van der Waals surface area contributed by atoms with Crippen LogP contribution in [0.2, 0.25) is 5.02 Å². The number of likely N-dealkylation sites (N-methyl/N-ethyl adjacent to an activating group) is 1. The zero-order valence-corrected chi connectivity index (χ0v) is 12.2. The summed E-state index contributed by atoms with van der Waals surface area (Å²) in [6.45, 7) is 0. The van der Waals surface area contributed by atoms with Crippen LogP contribution in [0, 0.1) is 17.5 Å². The summed E-state index contributed by atoms with van der Waals surface area (Å²) in [6, 6.07) is 7.43. The summed E-state index contributed by atoms with van der Waals surface area (Å²) in [6.07, 6.45) is 0.805. The van der Waals surface area contributed by atoms with E-state index < -0.39 is 17.5 Å². The SMILES string of the molecule is CNC(Cc1cc(F)ccc1F)Cc1ccc(F)cc1Cl. The molecule has 2 rings (SSSR count). The topological polar surface area (TPSA) is 12.0 Å². The second kappa shape index (κ2) is 6.96. The molecule has 2 aromatic rings. The van der Waals surface area contributed by atoms with E-state index in [2.05, 4.69) is 5.32 Å². The van der Waals surface area contributed by atoms with Gasteiger partial charge in [0.2, 0.25) is 0 Å². The molecule has 112 valence electrons.